The Labute approximate surface area is 125 Å². The maximum Gasteiger partial charge on any atom is 0.171 e. The minimum absolute atomic E-state index is 0.00790. The Morgan fingerprint density at radius 1 is 1.55 bits per heavy atom. The lowest BCUT2D eigenvalue weighted by molar-refractivity contribution is 0.203. The molecule has 0 radical (unpaired) electrons. The summed E-state index contributed by atoms with van der Waals surface area (Å²) in [5.74, 6) is 0.00790. The van der Waals surface area contributed by atoms with Gasteiger partial charge in [-0.1, -0.05) is 23.7 Å². The van der Waals surface area contributed by atoms with Crippen LogP contribution in [0.3, 0.4) is 0 Å². The van der Waals surface area contributed by atoms with E-state index >= 15 is 0 Å². The topological polar surface area (TPSA) is 71.1 Å². The zero-order valence-electron chi connectivity index (χ0n) is 12.1. The normalized spacial score (nSPS) is 13.3. The standard InChI is InChI=1S/C14H22ClN3O2/c1-4-10(2)18(7-8-20-3)11-5-6-12(13(15)9-11)14(16)17-19/h5-6,9-10,19H,4,7-8H2,1-3H3,(H2,16,17). The largest absolute Gasteiger partial charge is 0.409 e. The van der Waals surface area contributed by atoms with Gasteiger partial charge in [0, 0.05) is 30.9 Å². The molecule has 0 saturated carbocycles. The molecule has 6 heteroatoms. The van der Waals surface area contributed by atoms with E-state index in [9.17, 15) is 0 Å². The first-order chi connectivity index (χ1) is 9.54. The van der Waals surface area contributed by atoms with Gasteiger partial charge in [-0.15, -0.1) is 0 Å². The van der Waals surface area contributed by atoms with Gasteiger partial charge >= 0.3 is 0 Å². The monoisotopic (exact) mass is 299 g/mol. The Morgan fingerprint density at radius 3 is 2.75 bits per heavy atom. The first-order valence-corrected chi connectivity index (χ1v) is 6.95. The van der Waals surface area contributed by atoms with Crippen LogP contribution in [0.25, 0.3) is 0 Å². The molecule has 1 aromatic rings. The minimum Gasteiger partial charge on any atom is -0.409 e. The van der Waals surface area contributed by atoms with Gasteiger partial charge in [0.25, 0.3) is 0 Å². The summed E-state index contributed by atoms with van der Waals surface area (Å²) in [6.45, 7) is 5.71. The van der Waals surface area contributed by atoms with Crippen molar-refractivity contribution in [3.05, 3.63) is 28.8 Å². The molecular formula is C14H22ClN3O2. The van der Waals surface area contributed by atoms with Crippen LogP contribution in [-0.2, 0) is 4.74 Å². The Hall–Kier alpha value is -1.46. The van der Waals surface area contributed by atoms with E-state index in [4.69, 9.17) is 27.3 Å². The number of amidine groups is 1. The molecule has 0 amide bonds. The van der Waals surface area contributed by atoms with Gasteiger partial charge in [-0.05, 0) is 31.5 Å². The molecule has 0 aromatic heterocycles. The maximum atomic E-state index is 8.71. The van der Waals surface area contributed by atoms with Crippen molar-refractivity contribution in [1.82, 2.24) is 0 Å². The van der Waals surface area contributed by atoms with Gasteiger partial charge < -0.3 is 20.6 Å². The number of benzene rings is 1. The summed E-state index contributed by atoms with van der Waals surface area (Å²) in [5.41, 5.74) is 7.09. The number of ether oxygens (including phenoxy) is 1. The van der Waals surface area contributed by atoms with Crippen LogP contribution in [0.1, 0.15) is 25.8 Å². The van der Waals surface area contributed by atoms with E-state index in [1.807, 2.05) is 12.1 Å². The average molecular weight is 300 g/mol. The molecule has 0 fully saturated rings. The number of oxime groups is 1. The summed E-state index contributed by atoms with van der Waals surface area (Å²) in [4.78, 5) is 2.23. The van der Waals surface area contributed by atoms with E-state index in [0.29, 0.717) is 23.2 Å². The van der Waals surface area contributed by atoms with E-state index in [2.05, 4.69) is 23.9 Å². The predicted octanol–water partition coefficient (Wildman–Crippen LogP) is 2.69. The van der Waals surface area contributed by atoms with Gasteiger partial charge in [0.15, 0.2) is 5.84 Å². The number of nitrogens with zero attached hydrogens (tertiary/aromatic N) is 2. The molecule has 5 nitrogen and oxygen atoms in total. The van der Waals surface area contributed by atoms with Crippen LogP contribution in [-0.4, -0.2) is 37.3 Å². The summed E-state index contributed by atoms with van der Waals surface area (Å²) < 4.78 is 5.15. The highest BCUT2D eigenvalue weighted by Crippen LogP contribution is 2.25. The number of anilines is 1. The van der Waals surface area contributed by atoms with Crippen LogP contribution in [0.5, 0.6) is 0 Å². The highest BCUT2D eigenvalue weighted by molar-refractivity contribution is 6.34. The van der Waals surface area contributed by atoms with Crippen molar-refractivity contribution < 1.29 is 9.94 Å². The third-order valence-electron chi connectivity index (χ3n) is 3.33. The Balaban J connectivity index is 3.06. The second kappa shape index (κ2) is 7.97. The average Bonchev–Trinajstić information content (AvgIpc) is 2.46. The predicted molar refractivity (Wildman–Crippen MR) is 82.9 cm³/mol. The smallest absolute Gasteiger partial charge is 0.171 e. The highest BCUT2D eigenvalue weighted by Gasteiger charge is 2.15. The Kier molecular flexibility index (Phi) is 6.61. The maximum absolute atomic E-state index is 8.71. The van der Waals surface area contributed by atoms with Crippen molar-refractivity contribution in [2.75, 3.05) is 25.2 Å². The molecule has 1 rings (SSSR count). The van der Waals surface area contributed by atoms with Gasteiger partial charge in [-0.3, -0.25) is 0 Å². The first-order valence-electron chi connectivity index (χ1n) is 6.58. The molecule has 1 unspecified atom stereocenters. The molecule has 0 aliphatic carbocycles. The second-order valence-corrected chi connectivity index (χ2v) is 5.00. The number of hydrogen-bond donors (Lipinski definition) is 2. The Bertz CT molecular complexity index is 466. The van der Waals surface area contributed by atoms with Crippen LogP contribution in [0, 0.1) is 0 Å². The van der Waals surface area contributed by atoms with E-state index in [1.165, 1.54) is 0 Å². The fraction of sp³-hybridized carbons (Fsp3) is 0.500. The molecule has 20 heavy (non-hydrogen) atoms. The van der Waals surface area contributed by atoms with Crippen molar-refractivity contribution in [2.24, 2.45) is 10.9 Å². The number of nitrogens with two attached hydrogens (primary N) is 1. The second-order valence-electron chi connectivity index (χ2n) is 4.59. The van der Waals surface area contributed by atoms with Crippen molar-refractivity contribution in [2.45, 2.75) is 26.3 Å². The number of halogens is 1. The van der Waals surface area contributed by atoms with Gasteiger partial charge in [0.2, 0.25) is 0 Å². The van der Waals surface area contributed by atoms with Gasteiger partial charge in [-0.25, -0.2) is 0 Å². The molecule has 0 saturated heterocycles. The van der Waals surface area contributed by atoms with E-state index in [-0.39, 0.29) is 5.84 Å². The zero-order chi connectivity index (χ0) is 15.1. The van der Waals surface area contributed by atoms with Gasteiger partial charge in [-0.2, -0.15) is 0 Å². The highest BCUT2D eigenvalue weighted by atomic mass is 35.5. The quantitative estimate of drug-likeness (QED) is 0.351. The van der Waals surface area contributed by atoms with E-state index < -0.39 is 0 Å². The summed E-state index contributed by atoms with van der Waals surface area (Å²) in [6, 6.07) is 5.88. The molecule has 0 spiro atoms. The summed E-state index contributed by atoms with van der Waals surface area (Å²) in [7, 11) is 1.68. The van der Waals surface area contributed by atoms with Crippen molar-refractivity contribution in [3.8, 4) is 0 Å². The molecule has 0 bridgehead atoms. The molecule has 0 aliphatic rings. The lowest BCUT2D eigenvalue weighted by Gasteiger charge is -2.31. The van der Waals surface area contributed by atoms with E-state index in [0.717, 1.165) is 18.7 Å². The van der Waals surface area contributed by atoms with Crippen LogP contribution in [0.2, 0.25) is 5.02 Å². The zero-order valence-corrected chi connectivity index (χ0v) is 12.9. The molecule has 0 heterocycles. The van der Waals surface area contributed by atoms with Crippen LogP contribution < -0.4 is 10.6 Å². The van der Waals surface area contributed by atoms with E-state index in [1.54, 1.807) is 13.2 Å². The third kappa shape index (κ3) is 4.02. The lowest BCUT2D eigenvalue weighted by atomic mass is 10.1. The minimum atomic E-state index is 0.00790. The fourth-order valence-corrected chi connectivity index (χ4v) is 2.23. The van der Waals surface area contributed by atoms with Crippen LogP contribution >= 0.6 is 11.6 Å². The van der Waals surface area contributed by atoms with Gasteiger partial charge in [0.05, 0.1) is 11.6 Å². The SMILES string of the molecule is CCC(C)N(CCOC)c1ccc(C(N)=NO)c(Cl)c1. The molecular weight excluding hydrogens is 278 g/mol. The molecule has 112 valence electrons. The Morgan fingerprint density at radius 2 is 2.25 bits per heavy atom. The molecule has 0 aliphatic heterocycles. The summed E-state index contributed by atoms with van der Waals surface area (Å²) in [6.07, 6.45) is 1.02. The van der Waals surface area contributed by atoms with Crippen LogP contribution in [0.4, 0.5) is 5.69 Å². The van der Waals surface area contributed by atoms with Crippen molar-refractivity contribution in [1.29, 1.82) is 0 Å². The van der Waals surface area contributed by atoms with Crippen LogP contribution in [0.15, 0.2) is 23.4 Å². The van der Waals surface area contributed by atoms with Crippen molar-refractivity contribution in [3.63, 3.8) is 0 Å². The number of rotatable bonds is 7. The fourth-order valence-electron chi connectivity index (χ4n) is 1.96. The molecule has 3 N–H and O–H groups in total. The third-order valence-corrected chi connectivity index (χ3v) is 3.64. The van der Waals surface area contributed by atoms with Crippen molar-refractivity contribution >= 4 is 23.1 Å². The summed E-state index contributed by atoms with van der Waals surface area (Å²) >= 11 is 6.20. The number of hydrogen-bond acceptors (Lipinski definition) is 4. The lowest BCUT2D eigenvalue weighted by Crippen LogP contribution is -2.35. The molecule has 1 atom stereocenters. The van der Waals surface area contributed by atoms with Gasteiger partial charge in [0.1, 0.15) is 0 Å². The number of methoxy groups -OCH3 is 1. The summed E-state index contributed by atoms with van der Waals surface area (Å²) in [5, 5.41) is 12.1. The first kappa shape index (κ1) is 16.6. The molecule has 1 aromatic carbocycles.